The molecule has 0 aromatic heterocycles. The highest BCUT2D eigenvalue weighted by atomic mass is 35.5. The fourth-order valence-corrected chi connectivity index (χ4v) is 1.74. The van der Waals surface area contributed by atoms with Gasteiger partial charge in [-0.25, -0.2) is 0 Å². The van der Waals surface area contributed by atoms with E-state index in [1.165, 1.54) is 0 Å². The summed E-state index contributed by atoms with van der Waals surface area (Å²) < 4.78 is 4.90. The summed E-state index contributed by atoms with van der Waals surface area (Å²) in [6.07, 6.45) is 0. The Kier molecular flexibility index (Phi) is 6.32. The van der Waals surface area contributed by atoms with Gasteiger partial charge in [0.05, 0.1) is 23.7 Å². The number of nitrogens with one attached hydrogen (secondary N) is 2. The standard InChI is InChI=1S/C13H17ClN2O3/c1-9(8-19-2)16-12(17)7-15-13(18)10-5-3-4-6-11(10)14/h3-6,9H,7-8H2,1-2H3,(H,15,18)(H,16,17). The molecular formula is C13H17ClN2O3. The molecule has 0 aliphatic heterocycles. The summed E-state index contributed by atoms with van der Waals surface area (Å²) >= 11 is 5.88. The van der Waals surface area contributed by atoms with Crippen LogP contribution in [0, 0.1) is 0 Å². The molecule has 1 aromatic rings. The lowest BCUT2D eigenvalue weighted by molar-refractivity contribution is -0.121. The van der Waals surface area contributed by atoms with E-state index in [1.807, 2.05) is 6.92 Å². The molecule has 2 N–H and O–H groups in total. The summed E-state index contributed by atoms with van der Waals surface area (Å²) in [5.41, 5.74) is 0.349. The third-order valence-corrected chi connectivity index (χ3v) is 2.68. The Balaban J connectivity index is 2.42. The molecule has 0 saturated heterocycles. The van der Waals surface area contributed by atoms with Gasteiger partial charge in [-0.2, -0.15) is 0 Å². The molecule has 0 fully saturated rings. The van der Waals surface area contributed by atoms with Crippen LogP contribution in [-0.2, 0) is 9.53 Å². The van der Waals surface area contributed by atoms with Gasteiger partial charge in [-0.15, -0.1) is 0 Å². The molecule has 6 heteroatoms. The quantitative estimate of drug-likeness (QED) is 0.825. The van der Waals surface area contributed by atoms with Gasteiger partial charge in [0.1, 0.15) is 0 Å². The maximum absolute atomic E-state index is 11.8. The van der Waals surface area contributed by atoms with Crippen molar-refractivity contribution in [2.75, 3.05) is 20.3 Å². The van der Waals surface area contributed by atoms with Crippen LogP contribution in [0.25, 0.3) is 0 Å². The van der Waals surface area contributed by atoms with Gasteiger partial charge >= 0.3 is 0 Å². The zero-order valence-electron chi connectivity index (χ0n) is 10.9. The zero-order chi connectivity index (χ0) is 14.3. The highest BCUT2D eigenvalue weighted by molar-refractivity contribution is 6.33. The summed E-state index contributed by atoms with van der Waals surface area (Å²) in [7, 11) is 1.56. The first kappa shape index (κ1) is 15.5. The van der Waals surface area contributed by atoms with Crippen LogP contribution < -0.4 is 10.6 Å². The second-order valence-electron chi connectivity index (χ2n) is 4.09. The van der Waals surface area contributed by atoms with Gasteiger partial charge in [-0.1, -0.05) is 23.7 Å². The molecule has 0 aliphatic carbocycles. The Morgan fingerprint density at radius 1 is 1.37 bits per heavy atom. The van der Waals surface area contributed by atoms with Crippen molar-refractivity contribution in [1.29, 1.82) is 0 Å². The molecule has 0 heterocycles. The molecule has 0 aliphatic rings. The van der Waals surface area contributed by atoms with E-state index in [0.29, 0.717) is 17.2 Å². The maximum atomic E-state index is 11.8. The van der Waals surface area contributed by atoms with Crippen LogP contribution in [0.15, 0.2) is 24.3 Å². The minimum Gasteiger partial charge on any atom is -0.383 e. The predicted octanol–water partition coefficient (Wildman–Crippen LogP) is 1.22. The van der Waals surface area contributed by atoms with Crippen molar-refractivity contribution < 1.29 is 14.3 Å². The normalized spacial score (nSPS) is 11.7. The molecule has 104 valence electrons. The average Bonchev–Trinajstić information content (AvgIpc) is 2.36. The van der Waals surface area contributed by atoms with Crippen LogP contribution in [0.2, 0.25) is 5.02 Å². The first-order valence-electron chi connectivity index (χ1n) is 5.85. The van der Waals surface area contributed by atoms with Gasteiger partial charge < -0.3 is 15.4 Å². The lowest BCUT2D eigenvalue weighted by atomic mass is 10.2. The number of carbonyl (C=O) groups is 2. The van der Waals surface area contributed by atoms with Gasteiger partial charge in [-0.3, -0.25) is 9.59 Å². The second kappa shape index (κ2) is 7.76. The zero-order valence-corrected chi connectivity index (χ0v) is 11.7. The first-order valence-corrected chi connectivity index (χ1v) is 6.23. The van der Waals surface area contributed by atoms with E-state index in [-0.39, 0.29) is 24.4 Å². The predicted molar refractivity (Wildman–Crippen MR) is 73.3 cm³/mol. The molecule has 19 heavy (non-hydrogen) atoms. The van der Waals surface area contributed by atoms with Crippen molar-refractivity contribution in [2.45, 2.75) is 13.0 Å². The second-order valence-corrected chi connectivity index (χ2v) is 4.49. The number of hydrogen-bond donors (Lipinski definition) is 2. The minimum absolute atomic E-state index is 0.0991. The Morgan fingerprint density at radius 3 is 2.68 bits per heavy atom. The third kappa shape index (κ3) is 5.28. The van der Waals surface area contributed by atoms with E-state index in [0.717, 1.165) is 0 Å². The molecule has 0 spiro atoms. The number of rotatable bonds is 6. The van der Waals surface area contributed by atoms with Crippen LogP contribution in [0.4, 0.5) is 0 Å². The Bertz CT molecular complexity index is 451. The van der Waals surface area contributed by atoms with Crippen LogP contribution in [0.3, 0.4) is 0 Å². The van der Waals surface area contributed by atoms with Crippen molar-refractivity contribution in [1.82, 2.24) is 10.6 Å². The van der Waals surface area contributed by atoms with Gasteiger partial charge in [-0.05, 0) is 19.1 Å². The van der Waals surface area contributed by atoms with Crippen LogP contribution in [0.1, 0.15) is 17.3 Å². The minimum atomic E-state index is -0.375. The lowest BCUT2D eigenvalue weighted by Gasteiger charge is -2.13. The summed E-state index contributed by atoms with van der Waals surface area (Å²) in [5, 5.41) is 5.56. The number of hydrogen-bond acceptors (Lipinski definition) is 3. The lowest BCUT2D eigenvalue weighted by Crippen LogP contribution is -2.42. The number of carbonyl (C=O) groups excluding carboxylic acids is 2. The molecule has 1 rings (SSSR count). The highest BCUT2D eigenvalue weighted by Gasteiger charge is 2.12. The Labute approximate surface area is 117 Å². The van der Waals surface area contributed by atoms with Crippen molar-refractivity contribution in [2.24, 2.45) is 0 Å². The average molecular weight is 285 g/mol. The molecular weight excluding hydrogens is 268 g/mol. The molecule has 0 saturated carbocycles. The number of benzene rings is 1. The Hall–Kier alpha value is -1.59. The van der Waals surface area contributed by atoms with E-state index in [4.69, 9.17) is 16.3 Å². The topological polar surface area (TPSA) is 67.4 Å². The number of ether oxygens (including phenoxy) is 1. The summed E-state index contributed by atoms with van der Waals surface area (Å²) in [4.78, 5) is 23.3. The van der Waals surface area contributed by atoms with Crippen molar-refractivity contribution in [3.05, 3.63) is 34.9 Å². The van der Waals surface area contributed by atoms with E-state index in [2.05, 4.69) is 10.6 Å². The molecule has 1 atom stereocenters. The maximum Gasteiger partial charge on any atom is 0.253 e. The van der Waals surface area contributed by atoms with Crippen molar-refractivity contribution in [3.8, 4) is 0 Å². The smallest absolute Gasteiger partial charge is 0.253 e. The van der Waals surface area contributed by atoms with Gasteiger partial charge in [0, 0.05) is 13.2 Å². The fourth-order valence-electron chi connectivity index (χ4n) is 1.52. The molecule has 0 bridgehead atoms. The van der Waals surface area contributed by atoms with Gasteiger partial charge in [0.25, 0.3) is 5.91 Å². The van der Waals surface area contributed by atoms with Gasteiger partial charge in [0.2, 0.25) is 5.91 Å². The molecule has 5 nitrogen and oxygen atoms in total. The van der Waals surface area contributed by atoms with E-state index < -0.39 is 0 Å². The monoisotopic (exact) mass is 284 g/mol. The largest absolute Gasteiger partial charge is 0.383 e. The molecule has 1 aromatic carbocycles. The number of amides is 2. The summed E-state index contributed by atoms with van der Waals surface area (Å²) in [6.45, 7) is 2.14. The fraction of sp³-hybridized carbons (Fsp3) is 0.385. The van der Waals surface area contributed by atoms with E-state index >= 15 is 0 Å². The van der Waals surface area contributed by atoms with E-state index in [9.17, 15) is 9.59 Å². The highest BCUT2D eigenvalue weighted by Crippen LogP contribution is 2.14. The van der Waals surface area contributed by atoms with Crippen molar-refractivity contribution in [3.63, 3.8) is 0 Å². The molecule has 1 unspecified atom stereocenters. The summed E-state index contributed by atoms with van der Waals surface area (Å²) in [5.74, 6) is -0.648. The van der Waals surface area contributed by atoms with Gasteiger partial charge in [0.15, 0.2) is 0 Å². The van der Waals surface area contributed by atoms with Crippen molar-refractivity contribution >= 4 is 23.4 Å². The number of methoxy groups -OCH3 is 1. The van der Waals surface area contributed by atoms with E-state index in [1.54, 1.807) is 31.4 Å². The summed E-state index contributed by atoms with van der Waals surface area (Å²) in [6, 6.07) is 6.56. The molecule has 0 radical (unpaired) electrons. The SMILES string of the molecule is COCC(C)NC(=O)CNC(=O)c1ccccc1Cl. The third-order valence-electron chi connectivity index (χ3n) is 2.35. The van der Waals surface area contributed by atoms with Crippen LogP contribution in [0.5, 0.6) is 0 Å². The Morgan fingerprint density at radius 2 is 2.05 bits per heavy atom. The number of halogens is 1. The van der Waals surface area contributed by atoms with Crippen LogP contribution in [-0.4, -0.2) is 38.1 Å². The van der Waals surface area contributed by atoms with Crippen LogP contribution >= 0.6 is 11.6 Å². The first-order chi connectivity index (χ1) is 9.04. The molecule has 2 amide bonds.